The third-order valence-corrected chi connectivity index (χ3v) is 2.52. The summed E-state index contributed by atoms with van der Waals surface area (Å²) in [6.07, 6.45) is 0. The van der Waals surface area contributed by atoms with E-state index in [-0.39, 0.29) is 11.6 Å². The Hall–Kier alpha value is -1.09. The summed E-state index contributed by atoms with van der Waals surface area (Å²) in [5.74, 6) is 0. The molecule has 1 aromatic rings. The fourth-order valence-corrected chi connectivity index (χ4v) is 1.89. The van der Waals surface area contributed by atoms with Gasteiger partial charge in [0.2, 0.25) is 0 Å². The zero-order valence-corrected chi connectivity index (χ0v) is 9.29. The molecule has 1 aromatic heterocycles. The lowest BCUT2D eigenvalue weighted by Crippen LogP contribution is -2.29. The van der Waals surface area contributed by atoms with E-state index < -0.39 is 0 Å². The summed E-state index contributed by atoms with van der Waals surface area (Å²) in [7, 11) is 0. The third kappa shape index (κ3) is 1.73. The van der Waals surface area contributed by atoms with Gasteiger partial charge in [0.05, 0.1) is 0 Å². The summed E-state index contributed by atoms with van der Waals surface area (Å²) in [4.78, 5) is 12.0. The van der Waals surface area contributed by atoms with Crippen molar-refractivity contribution >= 4 is 0 Å². The van der Waals surface area contributed by atoms with Crippen molar-refractivity contribution in [1.82, 2.24) is 4.57 Å². The third-order valence-electron chi connectivity index (χ3n) is 2.52. The normalized spacial score (nSPS) is 12.9. The van der Waals surface area contributed by atoms with E-state index in [2.05, 4.69) is 0 Å². The molecule has 14 heavy (non-hydrogen) atoms. The molecule has 0 saturated heterocycles. The number of hydrogen-bond donors (Lipinski definition) is 1. The van der Waals surface area contributed by atoms with Crippen LogP contribution < -0.4 is 11.3 Å². The quantitative estimate of drug-likeness (QED) is 0.775. The van der Waals surface area contributed by atoms with Crippen LogP contribution in [0.15, 0.2) is 10.9 Å². The van der Waals surface area contributed by atoms with E-state index in [0.717, 1.165) is 16.8 Å². The van der Waals surface area contributed by atoms with Crippen LogP contribution in [0.2, 0.25) is 0 Å². The molecule has 0 aromatic carbocycles. The molecule has 0 amide bonds. The lowest BCUT2D eigenvalue weighted by Gasteiger charge is -2.14. The van der Waals surface area contributed by atoms with Gasteiger partial charge < -0.3 is 10.3 Å². The van der Waals surface area contributed by atoms with Gasteiger partial charge in [0, 0.05) is 23.8 Å². The second-order valence-corrected chi connectivity index (χ2v) is 3.72. The van der Waals surface area contributed by atoms with Gasteiger partial charge in [0.15, 0.2) is 0 Å². The van der Waals surface area contributed by atoms with Crippen LogP contribution in [0, 0.1) is 13.8 Å². The van der Waals surface area contributed by atoms with E-state index in [9.17, 15) is 4.79 Å². The van der Waals surface area contributed by atoms with Crippen LogP contribution in [0.1, 0.15) is 36.7 Å². The molecule has 1 heterocycles. The van der Waals surface area contributed by atoms with Crippen molar-refractivity contribution in [2.45, 2.75) is 40.3 Å². The average molecular weight is 194 g/mol. The van der Waals surface area contributed by atoms with E-state index >= 15 is 0 Å². The number of nitrogens with zero attached hydrogens (tertiary/aromatic N) is 1. The molecule has 3 heteroatoms. The highest BCUT2D eigenvalue weighted by Crippen LogP contribution is 2.12. The maximum absolute atomic E-state index is 12.0. The van der Waals surface area contributed by atoms with E-state index in [4.69, 9.17) is 5.73 Å². The Labute approximate surface area is 84.6 Å². The summed E-state index contributed by atoms with van der Waals surface area (Å²) in [6.45, 7) is 8.40. The predicted molar refractivity (Wildman–Crippen MR) is 58.5 cm³/mol. The monoisotopic (exact) mass is 194 g/mol. The SMILES string of the molecule is CCn1c(C)cc(C)c(C(C)N)c1=O. The van der Waals surface area contributed by atoms with Gasteiger partial charge in [-0.05, 0) is 39.3 Å². The Morgan fingerprint density at radius 2 is 2.07 bits per heavy atom. The number of aryl methyl sites for hydroxylation is 2. The molecule has 0 radical (unpaired) electrons. The Kier molecular flexibility index (Phi) is 3.11. The van der Waals surface area contributed by atoms with E-state index in [1.165, 1.54) is 0 Å². The van der Waals surface area contributed by atoms with Crippen molar-refractivity contribution in [2.24, 2.45) is 5.73 Å². The van der Waals surface area contributed by atoms with Crippen molar-refractivity contribution in [3.05, 3.63) is 33.2 Å². The molecule has 2 N–H and O–H groups in total. The van der Waals surface area contributed by atoms with Crippen LogP contribution in [0.3, 0.4) is 0 Å². The molecule has 0 fully saturated rings. The number of pyridine rings is 1. The second kappa shape index (κ2) is 3.96. The minimum Gasteiger partial charge on any atom is -0.324 e. The van der Waals surface area contributed by atoms with Crippen molar-refractivity contribution in [2.75, 3.05) is 0 Å². The van der Waals surface area contributed by atoms with Crippen molar-refractivity contribution < 1.29 is 0 Å². The molecule has 3 nitrogen and oxygen atoms in total. The molecular weight excluding hydrogens is 176 g/mol. The van der Waals surface area contributed by atoms with Gasteiger partial charge in [0.1, 0.15) is 0 Å². The van der Waals surface area contributed by atoms with Gasteiger partial charge in [0.25, 0.3) is 5.56 Å². The first-order chi connectivity index (χ1) is 6.49. The fourth-order valence-electron chi connectivity index (χ4n) is 1.89. The Balaban J connectivity index is 3.53. The number of nitrogens with two attached hydrogens (primary N) is 1. The van der Waals surface area contributed by atoms with E-state index in [1.54, 1.807) is 4.57 Å². The summed E-state index contributed by atoms with van der Waals surface area (Å²) in [5.41, 5.74) is 8.56. The molecule has 1 atom stereocenters. The summed E-state index contributed by atoms with van der Waals surface area (Å²) in [5, 5.41) is 0. The molecule has 0 aliphatic carbocycles. The highest BCUT2D eigenvalue weighted by Gasteiger charge is 2.12. The highest BCUT2D eigenvalue weighted by atomic mass is 16.1. The molecular formula is C11H18N2O. The fraction of sp³-hybridized carbons (Fsp3) is 0.545. The van der Waals surface area contributed by atoms with Gasteiger partial charge in [-0.2, -0.15) is 0 Å². The second-order valence-electron chi connectivity index (χ2n) is 3.72. The molecule has 0 aliphatic rings. The van der Waals surface area contributed by atoms with Crippen LogP contribution in [-0.2, 0) is 6.54 Å². The first-order valence-corrected chi connectivity index (χ1v) is 4.95. The molecule has 0 saturated carbocycles. The maximum atomic E-state index is 12.0. The minimum absolute atomic E-state index is 0.0556. The van der Waals surface area contributed by atoms with Crippen molar-refractivity contribution in [1.29, 1.82) is 0 Å². The predicted octanol–water partition coefficient (Wildman–Crippen LogP) is 1.50. The maximum Gasteiger partial charge on any atom is 0.255 e. The van der Waals surface area contributed by atoms with Gasteiger partial charge in [-0.15, -0.1) is 0 Å². The van der Waals surface area contributed by atoms with E-state index in [1.807, 2.05) is 33.8 Å². The zero-order valence-electron chi connectivity index (χ0n) is 9.29. The first-order valence-electron chi connectivity index (χ1n) is 4.95. The van der Waals surface area contributed by atoms with E-state index in [0.29, 0.717) is 6.54 Å². The van der Waals surface area contributed by atoms with Gasteiger partial charge in [-0.3, -0.25) is 4.79 Å². The topological polar surface area (TPSA) is 48.0 Å². The van der Waals surface area contributed by atoms with Crippen LogP contribution in [-0.4, -0.2) is 4.57 Å². The lowest BCUT2D eigenvalue weighted by atomic mass is 10.0. The van der Waals surface area contributed by atoms with Crippen molar-refractivity contribution in [3.8, 4) is 0 Å². The summed E-state index contributed by atoms with van der Waals surface area (Å²) < 4.78 is 1.76. The molecule has 0 spiro atoms. The Morgan fingerprint density at radius 3 is 2.50 bits per heavy atom. The van der Waals surface area contributed by atoms with Crippen LogP contribution >= 0.6 is 0 Å². The Morgan fingerprint density at radius 1 is 1.50 bits per heavy atom. The number of hydrogen-bond acceptors (Lipinski definition) is 2. The smallest absolute Gasteiger partial charge is 0.255 e. The summed E-state index contributed by atoms with van der Waals surface area (Å²) in [6, 6.07) is 1.82. The number of rotatable bonds is 2. The first kappa shape index (κ1) is 11.0. The van der Waals surface area contributed by atoms with Gasteiger partial charge in [-0.25, -0.2) is 0 Å². The van der Waals surface area contributed by atoms with Gasteiger partial charge in [-0.1, -0.05) is 0 Å². The molecule has 78 valence electrons. The molecule has 0 aliphatic heterocycles. The summed E-state index contributed by atoms with van der Waals surface area (Å²) >= 11 is 0. The van der Waals surface area contributed by atoms with Gasteiger partial charge >= 0.3 is 0 Å². The van der Waals surface area contributed by atoms with Crippen LogP contribution in [0.5, 0.6) is 0 Å². The zero-order chi connectivity index (χ0) is 10.9. The van der Waals surface area contributed by atoms with Crippen molar-refractivity contribution in [3.63, 3.8) is 0 Å². The average Bonchev–Trinajstić information content (AvgIpc) is 2.02. The minimum atomic E-state index is -0.194. The molecule has 1 rings (SSSR count). The number of aromatic nitrogens is 1. The lowest BCUT2D eigenvalue weighted by molar-refractivity contribution is 0.667. The Bertz CT molecular complexity index is 391. The molecule has 0 bridgehead atoms. The van der Waals surface area contributed by atoms with Crippen LogP contribution in [0.4, 0.5) is 0 Å². The largest absolute Gasteiger partial charge is 0.324 e. The standard InChI is InChI=1S/C11H18N2O/c1-5-13-8(3)6-7(2)10(9(4)12)11(13)14/h6,9H,5,12H2,1-4H3. The van der Waals surface area contributed by atoms with Crippen LogP contribution in [0.25, 0.3) is 0 Å². The highest BCUT2D eigenvalue weighted by molar-refractivity contribution is 5.28. The molecule has 1 unspecified atom stereocenters.